The third-order valence-electron chi connectivity index (χ3n) is 3.38. The number of hydrogen-bond acceptors (Lipinski definition) is 5. The Kier molecular flexibility index (Phi) is 5.83. The Labute approximate surface area is 124 Å². The van der Waals surface area contributed by atoms with E-state index in [9.17, 15) is 4.79 Å². The van der Waals surface area contributed by atoms with Crippen LogP contribution in [-0.4, -0.2) is 57.4 Å². The zero-order chi connectivity index (χ0) is 15.1. The molecule has 1 fully saturated rings. The van der Waals surface area contributed by atoms with Crippen LogP contribution in [0.15, 0.2) is 18.2 Å². The van der Waals surface area contributed by atoms with E-state index in [1.807, 2.05) is 18.2 Å². The van der Waals surface area contributed by atoms with Gasteiger partial charge in [0.25, 0.3) is 5.91 Å². The molecule has 0 radical (unpaired) electrons. The third-order valence-corrected chi connectivity index (χ3v) is 3.38. The lowest BCUT2D eigenvalue weighted by Crippen LogP contribution is -2.43. The van der Waals surface area contributed by atoms with Crippen LogP contribution in [0.1, 0.15) is 5.56 Å². The van der Waals surface area contributed by atoms with Crippen LogP contribution >= 0.6 is 0 Å². The molecule has 2 rings (SSSR count). The van der Waals surface area contributed by atoms with Gasteiger partial charge in [0, 0.05) is 13.1 Å². The molecule has 1 aromatic rings. The largest absolute Gasteiger partial charge is 0.493 e. The first-order chi connectivity index (χ1) is 10.2. The van der Waals surface area contributed by atoms with Gasteiger partial charge in [0.05, 0.1) is 20.3 Å². The fourth-order valence-electron chi connectivity index (χ4n) is 2.20. The maximum Gasteiger partial charge on any atom is 0.260 e. The monoisotopic (exact) mass is 294 g/mol. The van der Waals surface area contributed by atoms with E-state index in [2.05, 4.69) is 0 Å². The van der Waals surface area contributed by atoms with Crippen LogP contribution in [0.25, 0.3) is 0 Å². The van der Waals surface area contributed by atoms with Gasteiger partial charge in [-0.15, -0.1) is 0 Å². The summed E-state index contributed by atoms with van der Waals surface area (Å²) < 4.78 is 16.1. The number of nitrogens with zero attached hydrogens (tertiary/aromatic N) is 1. The maximum atomic E-state index is 12.1. The summed E-state index contributed by atoms with van der Waals surface area (Å²) >= 11 is 0. The SMILES string of the molecule is COc1ccc(CCN)cc1OCC(=O)N1CCOCC1. The van der Waals surface area contributed by atoms with Crippen LogP contribution < -0.4 is 15.2 Å². The van der Waals surface area contributed by atoms with Crippen molar-refractivity contribution in [1.29, 1.82) is 0 Å². The number of nitrogens with two attached hydrogens (primary N) is 1. The highest BCUT2D eigenvalue weighted by molar-refractivity contribution is 5.78. The van der Waals surface area contributed by atoms with E-state index < -0.39 is 0 Å². The zero-order valence-corrected chi connectivity index (χ0v) is 12.3. The van der Waals surface area contributed by atoms with Gasteiger partial charge in [-0.25, -0.2) is 0 Å². The fraction of sp³-hybridized carbons (Fsp3) is 0.533. The summed E-state index contributed by atoms with van der Waals surface area (Å²) in [6, 6.07) is 5.65. The second-order valence-electron chi connectivity index (χ2n) is 4.81. The lowest BCUT2D eigenvalue weighted by atomic mass is 10.1. The Hall–Kier alpha value is -1.79. The number of morpholine rings is 1. The van der Waals surface area contributed by atoms with Gasteiger partial charge in [0.1, 0.15) is 0 Å². The predicted octanol–water partition coefficient (Wildman–Crippen LogP) is 0.434. The first-order valence-corrected chi connectivity index (χ1v) is 7.10. The van der Waals surface area contributed by atoms with E-state index in [0.29, 0.717) is 44.3 Å². The molecule has 1 aliphatic rings. The van der Waals surface area contributed by atoms with Crippen molar-refractivity contribution in [1.82, 2.24) is 4.90 Å². The van der Waals surface area contributed by atoms with Gasteiger partial charge in [0.15, 0.2) is 18.1 Å². The topological polar surface area (TPSA) is 74.0 Å². The Morgan fingerprint density at radius 3 is 2.76 bits per heavy atom. The van der Waals surface area contributed by atoms with Gasteiger partial charge >= 0.3 is 0 Å². The molecule has 0 bridgehead atoms. The molecule has 1 amide bonds. The first-order valence-electron chi connectivity index (χ1n) is 7.10. The van der Waals surface area contributed by atoms with Crippen LogP contribution in [0.4, 0.5) is 0 Å². The van der Waals surface area contributed by atoms with Crippen molar-refractivity contribution in [3.05, 3.63) is 23.8 Å². The maximum absolute atomic E-state index is 12.1. The molecule has 1 heterocycles. The molecule has 0 aromatic heterocycles. The normalized spacial score (nSPS) is 14.9. The number of methoxy groups -OCH3 is 1. The number of benzene rings is 1. The van der Waals surface area contributed by atoms with Crippen LogP contribution in [0.5, 0.6) is 11.5 Å². The lowest BCUT2D eigenvalue weighted by Gasteiger charge is -2.26. The molecule has 0 spiro atoms. The molecule has 0 atom stereocenters. The highest BCUT2D eigenvalue weighted by Gasteiger charge is 2.18. The van der Waals surface area contributed by atoms with E-state index in [-0.39, 0.29) is 12.5 Å². The Morgan fingerprint density at radius 2 is 2.10 bits per heavy atom. The van der Waals surface area contributed by atoms with Crippen LogP contribution in [-0.2, 0) is 16.0 Å². The number of ether oxygens (including phenoxy) is 3. The molecular weight excluding hydrogens is 272 g/mol. The van der Waals surface area contributed by atoms with Crippen molar-refractivity contribution in [2.75, 3.05) is 46.6 Å². The van der Waals surface area contributed by atoms with E-state index in [1.54, 1.807) is 12.0 Å². The third kappa shape index (κ3) is 4.34. The number of amides is 1. The second kappa shape index (κ2) is 7.85. The van der Waals surface area contributed by atoms with Crippen molar-refractivity contribution in [3.63, 3.8) is 0 Å². The second-order valence-corrected chi connectivity index (χ2v) is 4.81. The van der Waals surface area contributed by atoms with Crippen LogP contribution in [0.2, 0.25) is 0 Å². The molecule has 1 aliphatic heterocycles. The average Bonchev–Trinajstić information content (AvgIpc) is 2.54. The van der Waals surface area contributed by atoms with Crippen LogP contribution in [0, 0.1) is 0 Å². The van der Waals surface area contributed by atoms with Crippen LogP contribution in [0.3, 0.4) is 0 Å². The minimum absolute atomic E-state index is 0.00242. The smallest absolute Gasteiger partial charge is 0.260 e. The molecule has 116 valence electrons. The summed E-state index contributed by atoms with van der Waals surface area (Å²) in [5, 5.41) is 0. The average molecular weight is 294 g/mol. The van der Waals surface area contributed by atoms with Gasteiger partial charge in [-0.05, 0) is 30.7 Å². The van der Waals surface area contributed by atoms with Crippen molar-refractivity contribution in [2.45, 2.75) is 6.42 Å². The highest BCUT2D eigenvalue weighted by Crippen LogP contribution is 2.28. The molecule has 6 nitrogen and oxygen atoms in total. The molecule has 0 aliphatic carbocycles. The molecular formula is C15H22N2O4. The van der Waals surface area contributed by atoms with Crippen molar-refractivity contribution >= 4 is 5.91 Å². The van der Waals surface area contributed by atoms with Crippen molar-refractivity contribution in [3.8, 4) is 11.5 Å². The molecule has 0 saturated carbocycles. The predicted molar refractivity (Wildman–Crippen MR) is 78.6 cm³/mol. The number of carbonyl (C=O) groups excluding carboxylic acids is 1. The van der Waals surface area contributed by atoms with E-state index in [0.717, 1.165) is 12.0 Å². The number of hydrogen-bond donors (Lipinski definition) is 1. The molecule has 6 heteroatoms. The highest BCUT2D eigenvalue weighted by atomic mass is 16.5. The Morgan fingerprint density at radius 1 is 1.33 bits per heavy atom. The van der Waals surface area contributed by atoms with E-state index in [4.69, 9.17) is 19.9 Å². The summed E-state index contributed by atoms with van der Waals surface area (Å²) in [5.41, 5.74) is 6.62. The number of rotatable bonds is 6. The van der Waals surface area contributed by atoms with Gasteiger partial charge in [0.2, 0.25) is 0 Å². The summed E-state index contributed by atoms with van der Waals surface area (Å²) in [5.74, 6) is 1.15. The van der Waals surface area contributed by atoms with E-state index >= 15 is 0 Å². The van der Waals surface area contributed by atoms with Gasteiger partial charge in [-0.1, -0.05) is 6.07 Å². The molecule has 21 heavy (non-hydrogen) atoms. The van der Waals surface area contributed by atoms with Gasteiger partial charge < -0.3 is 24.8 Å². The first kappa shape index (κ1) is 15.6. The Bertz CT molecular complexity index is 473. The quantitative estimate of drug-likeness (QED) is 0.824. The van der Waals surface area contributed by atoms with E-state index in [1.165, 1.54) is 0 Å². The minimum Gasteiger partial charge on any atom is -0.493 e. The lowest BCUT2D eigenvalue weighted by molar-refractivity contribution is -0.137. The summed E-state index contributed by atoms with van der Waals surface area (Å²) in [6.45, 7) is 2.97. The molecule has 0 unspecified atom stereocenters. The number of carbonyl (C=O) groups is 1. The minimum atomic E-state index is -0.0374. The molecule has 2 N–H and O–H groups in total. The van der Waals surface area contributed by atoms with Gasteiger partial charge in [-0.2, -0.15) is 0 Å². The Balaban J connectivity index is 1.97. The molecule has 1 aromatic carbocycles. The zero-order valence-electron chi connectivity index (χ0n) is 12.3. The van der Waals surface area contributed by atoms with Gasteiger partial charge in [-0.3, -0.25) is 4.79 Å². The van der Waals surface area contributed by atoms with Crippen molar-refractivity contribution < 1.29 is 19.0 Å². The summed E-state index contributed by atoms with van der Waals surface area (Å²) in [7, 11) is 1.58. The summed E-state index contributed by atoms with van der Waals surface area (Å²) in [6.07, 6.45) is 0.762. The fourth-order valence-corrected chi connectivity index (χ4v) is 2.20. The summed E-state index contributed by atoms with van der Waals surface area (Å²) in [4.78, 5) is 13.8. The van der Waals surface area contributed by atoms with Crippen molar-refractivity contribution in [2.24, 2.45) is 5.73 Å². The standard InChI is InChI=1S/C15H22N2O4/c1-19-13-3-2-12(4-5-16)10-14(13)21-11-15(18)17-6-8-20-9-7-17/h2-3,10H,4-9,11,16H2,1H3. The molecule has 1 saturated heterocycles.